The van der Waals surface area contributed by atoms with E-state index in [1.165, 1.54) is 18.3 Å². The van der Waals surface area contributed by atoms with Gasteiger partial charge in [0.1, 0.15) is 15.7 Å². The van der Waals surface area contributed by atoms with Crippen LogP contribution in [0.25, 0.3) is 10.1 Å². The van der Waals surface area contributed by atoms with Crippen LogP contribution in [0, 0.1) is 5.82 Å². The van der Waals surface area contributed by atoms with Crippen LogP contribution in [-0.4, -0.2) is 13.4 Å². The van der Waals surface area contributed by atoms with Crippen LogP contribution in [0.15, 0.2) is 71.9 Å². The number of nitrogens with zero attached hydrogens (tertiary/aromatic N) is 2. The lowest BCUT2D eigenvalue weighted by Gasteiger charge is -2.24. The number of sulfonamides is 1. The lowest BCUT2D eigenvalue weighted by molar-refractivity contribution is -0.140. The third kappa shape index (κ3) is 4.17. The standard InChI is InChI=1S/C21H13ClF4N2O2S2/c22-19-15-5-1-2-6-18(15)31-20(19)28(32(29,30)14-4-3-9-27-11-14)12-13-7-8-17(23)16(10-13)21(24,25)26/h1-11H,12H2. The quantitative estimate of drug-likeness (QED) is 0.294. The molecule has 0 N–H and O–H groups in total. The number of hydrogen-bond donors (Lipinski definition) is 0. The van der Waals surface area contributed by atoms with Crippen LogP contribution in [0.1, 0.15) is 11.1 Å². The van der Waals surface area contributed by atoms with Crippen LogP contribution in [0.4, 0.5) is 22.6 Å². The molecule has 0 unspecified atom stereocenters. The molecule has 0 radical (unpaired) electrons. The SMILES string of the molecule is O=S(=O)(c1cccnc1)N(Cc1ccc(F)c(C(F)(F)F)c1)c1sc2ccccc2c1Cl. The zero-order valence-electron chi connectivity index (χ0n) is 16.0. The van der Waals surface area contributed by atoms with E-state index in [0.717, 1.165) is 27.9 Å². The summed E-state index contributed by atoms with van der Waals surface area (Å²) in [7, 11) is -4.26. The maximum absolute atomic E-state index is 13.7. The predicted octanol–water partition coefficient (Wildman–Crippen LogP) is 6.50. The van der Waals surface area contributed by atoms with Gasteiger partial charge in [-0.1, -0.05) is 35.9 Å². The molecule has 4 aromatic rings. The van der Waals surface area contributed by atoms with E-state index in [-0.39, 0.29) is 20.5 Å². The van der Waals surface area contributed by atoms with Crippen molar-refractivity contribution >= 4 is 48.0 Å². The third-order valence-electron chi connectivity index (χ3n) is 4.63. The second-order valence-electron chi connectivity index (χ2n) is 6.73. The summed E-state index contributed by atoms with van der Waals surface area (Å²) in [5.74, 6) is -1.44. The first-order valence-corrected chi connectivity index (χ1v) is 11.7. The van der Waals surface area contributed by atoms with E-state index in [1.54, 1.807) is 24.3 Å². The van der Waals surface area contributed by atoms with Crippen molar-refractivity contribution in [3.63, 3.8) is 0 Å². The Morgan fingerprint density at radius 1 is 1.06 bits per heavy atom. The normalized spacial score (nSPS) is 12.3. The minimum absolute atomic E-state index is 0.0558. The minimum Gasteiger partial charge on any atom is -0.263 e. The Hall–Kier alpha value is -2.69. The van der Waals surface area contributed by atoms with Gasteiger partial charge in [0.05, 0.1) is 17.1 Å². The molecule has 2 heterocycles. The Labute approximate surface area is 189 Å². The number of thiophene rings is 1. The van der Waals surface area contributed by atoms with Crippen molar-refractivity contribution in [1.29, 1.82) is 0 Å². The molecule has 0 aliphatic carbocycles. The van der Waals surface area contributed by atoms with E-state index in [2.05, 4.69) is 4.98 Å². The lowest BCUT2D eigenvalue weighted by Crippen LogP contribution is -2.30. The van der Waals surface area contributed by atoms with Crippen molar-refractivity contribution in [2.75, 3.05) is 4.31 Å². The first-order chi connectivity index (χ1) is 15.1. The minimum atomic E-state index is -4.93. The zero-order chi connectivity index (χ0) is 23.1. The van der Waals surface area contributed by atoms with Crippen LogP contribution in [0.5, 0.6) is 0 Å². The summed E-state index contributed by atoms with van der Waals surface area (Å²) in [6, 6.07) is 12.1. The highest BCUT2D eigenvalue weighted by atomic mass is 35.5. The van der Waals surface area contributed by atoms with Gasteiger partial charge in [0.25, 0.3) is 10.0 Å². The van der Waals surface area contributed by atoms with E-state index in [1.807, 2.05) is 0 Å². The maximum Gasteiger partial charge on any atom is 0.419 e. The maximum atomic E-state index is 13.7. The Balaban J connectivity index is 1.88. The third-order valence-corrected chi connectivity index (χ3v) is 8.16. The van der Waals surface area contributed by atoms with Gasteiger partial charge < -0.3 is 0 Å². The summed E-state index contributed by atoms with van der Waals surface area (Å²) in [4.78, 5) is 3.66. The molecule has 4 rings (SSSR count). The number of fused-ring (bicyclic) bond motifs is 1. The Kier molecular flexibility index (Phi) is 5.87. The van der Waals surface area contributed by atoms with Crippen molar-refractivity contribution in [2.24, 2.45) is 0 Å². The van der Waals surface area contributed by atoms with Crippen LogP contribution in [-0.2, 0) is 22.7 Å². The average molecular weight is 501 g/mol. The molecule has 166 valence electrons. The summed E-state index contributed by atoms with van der Waals surface area (Å²) < 4.78 is 81.9. The van der Waals surface area contributed by atoms with Crippen LogP contribution >= 0.6 is 22.9 Å². The number of pyridine rings is 1. The summed E-state index contributed by atoms with van der Waals surface area (Å²) in [5, 5.41) is 0.890. The van der Waals surface area contributed by atoms with Gasteiger partial charge in [0.15, 0.2) is 0 Å². The first kappa shape index (κ1) is 22.5. The van der Waals surface area contributed by atoms with Gasteiger partial charge in [-0.15, -0.1) is 11.3 Å². The Morgan fingerprint density at radius 2 is 1.81 bits per heavy atom. The van der Waals surface area contributed by atoms with Crippen LogP contribution in [0.2, 0.25) is 5.02 Å². The highest BCUT2D eigenvalue weighted by Gasteiger charge is 2.35. The summed E-state index contributed by atoms with van der Waals surface area (Å²) in [6.07, 6.45) is -2.40. The number of rotatable bonds is 5. The Morgan fingerprint density at radius 3 is 2.47 bits per heavy atom. The highest BCUT2D eigenvalue weighted by Crippen LogP contribution is 2.44. The first-order valence-electron chi connectivity index (χ1n) is 9.04. The molecule has 0 bridgehead atoms. The number of benzene rings is 2. The van der Waals surface area contributed by atoms with Crippen LogP contribution in [0.3, 0.4) is 0 Å². The van der Waals surface area contributed by atoms with Gasteiger partial charge in [0.2, 0.25) is 0 Å². The molecular weight excluding hydrogens is 488 g/mol. The van der Waals surface area contributed by atoms with Crippen LogP contribution < -0.4 is 4.31 Å². The molecule has 0 spiro atoms. The predicted molar refractivity (Wildman–Crippen MR) is 116 cm³/mol. The van der Waals surface area contributed by atoms with Crippen molar-refractivity contribution in [3.05, 3.63) is 89.0 Å². The van der Waals surface area contributed by atoms with Gasteiger partial charge >= 0.3 is 6.18 Å². The van der Waals surface area contributed by atoms with Gasteiger partial charge in [-0.2, -0.15) is 13.2 Å². The number of aromatic nitrogens is 1. The summed E-state index contributed by atoms with van der Waals surface area (Å²) >= 11 is 7.57. The molecule has 0 saturated heterocycles. The fourth-order valence-corrected chi connectivity index (χ4v) is 6.33. The molecule has 2 aromatic carbocycles. The van der Waals surface area contributed by atoms with Gasteiger partial charge in [-0.3, -0.25) is 9.29 Å². The van der Waals surface area contributed by atoms with Crippen molar-refractivity contribution in [3.8, 4) is 0 Å². The molecule has 0 saturated carbocycles. The number of hydrogen-bond acceptors (Lipinski definition) is 4. The highest BCUT2D eigenvalue weighted by molar-refractivity contribution is 7.93. The molecule has 11 heteroatoms. The van der Waals surface area contributed by atoms with Gasteiger partial charge in [-0.25, -0.2) is 12.8 Å². The van der Waals surface area contributed by atoms with Crippen molar-refractivity contribution in [2.45, 2.75) is 17.6 Å². The molecule has 0 fully saturated rings. The number of anilines is 1. The molecule has 32 heavy (non-hydrogen) atoms. The molecule has 2 aromatic heterocycles. The largest absolute Gasteiger partial charge is 0.419 e. The molecule has 0 aliphatic rings. The second kappa shape index (κ2) is 8.34. The van der Waals surface area contributed by atoms with Crippen molar-refractivity contribution < 1.29 is 26.0 Å². The zero-order valence-corrected chi connectivity index (χ0v) is 18.4. The molecule has 0 amide bonds. The fourth-order valence-electron chi connectivity index (χ4n) is 3.11. The number of halogens is 5. The summed E-state index contributed by atoms with van der Waals surface area (Å²) in [5.41, 5.74) is -1.53. The Bertz CT molecular complexity index is 1390. The van der Waals surface area contributed by atoms with Gasteiger partial charge in [-0.05, 0) is 35.9 Å². The smallest absolute Gasteiger partial charge is 0.263 e. The van der Waals surface area contributed by atoms with E-state index < -0.39 is 34.1 Å². The number of alkyl halides is 3. The van der Waals surface area contributed by atoms with E-state index in [0.29, 0.717) is 22.2 Å². The van der Waals surface area contributed by atoms with E-state index >= 15 is 0 Å². The molecule has 4 nitrogen and oxygen atoms in total. The van der Waals surface area contributed by atoms with Crippen molar-refractivity contribution in [1.82, 2.24) is 4.98 Å². The summed E-state index contributed by atoms with van der Waals surface area (Å²) in [6.45, 7) is -0.493. The molecule has 0 atom stereocenters. The second-order valence-corrected chi connectivity index (χ2v) is 10.0. The lowest BCUT2D eigenvalue weighted by atomic mass is 10.1. The van der Waals surface area contributed by atoms with E-state index in [9.17, 15) is 26.0 Å². The molecular formula is C21H13ClF4N2O2S2. The monoisotopic (exact) mass is 500 g/mol. The van der Waals surface area contributed by atoms with E-state index in [4.69, 9.17) is 11.6 Å². The topological polar surface area (TPSA) is 50.3 Å². The fraction of sp³-hybridized carbons (Fsp3) is 0.0952. The molecule has 0 aliphatic heterocycles. The van der Waals surface area contributed by atoms with Gasteiger partial charge in [0, 0.05) is 22.5 Å². The average Bonchev–Trinajstić information content (AvgIpc) is 3.09.